The standard InChI is InChI=1S/C10H15FN2O2S/c1-2-5-13-7-8-3-4-10(9(11)6-8)16(12,14)15/h3-4,6,13H,2,5,7H2,1H3,(H2,12,14,15). The Morgan fingerprint density at radius 2 is 2.12 bits per heavy atom. The smallest absolute Gasteiger partial charge is 0.240 e. The lowest BCUT2D eigenvalue weighted by atomic mass is 10.2. The highest BCUT2D eigenvalue weighted by molar-refractivity contribution is 7.89. The first-order chi connectivity index (χ1) is 7.45. The molecule has 4 nitrogen and oxygen atoms in total. The van der Waals surface area contributed by atoms with Crippen molar-refractivity contribution in [2.75, 3.05) is 6.54 Å². The summed E-state index contributed by atoms with van der Waals surface area (Å²) in [6.45, 7) is 3.37. The van der Waals surface area contributed by atoms with E-state index in [2.05, 4.69) is 5.32 Å². The van der Waals surface area contributed by atoms with Crippen molar-refractivity contribution in [3.05, 3.63) is 29.6 Å². The highest BCUT2D eigenvalue weighted by Gasteiger charge is 2.13. The predicted molar refractivity (Wildman–Crippen MR) is 59.8 cm³/mol. The Hall–Kier alpha value is -0.980. The van der Waals surface area contributed by atoms with Gasteiger partial charge in [-0.25, -0.2) is 17.9 Å². The number of sulfonamides is 1. The fourth-order valence-corrected chi connectivity index (χ4v) is 1.88. The maximum absolute atomic E-state index is 13.4. The van der Waals surface area contributed by atoms with Gasteiger partial charge in [0.1, 0.15) is 10.7 Å². The van der Waals surface area contributed by atoms with Crippen LogP contribution in [0, 0.1) is 5.82 Å². The number of hydrogen-bond acceptors (Lipinski definition) is 3. The summed E-state index contributed by atoms with van der Waals surface area (Å²) in [5.74, 6) is -0.807. The van der Waals surface area contributed by atoms with E-state index in [1.165, 1.54) is 12.1 Å². The van der Waals surface area contributed by atoms with E-state index in [4.69, 9.17) is 5.14 Å². The number of nitrogens with one attached hydrogen (secondary N) is 1. The highest BCUT2D eigenvalue weighted by atomic mass is 32.2. The van der Waals surface area contributed by atoms with E-state index in [1.54, 1.807) is 6.07 Å². The molecule has 0 amide bonds. The monoisotopic (exact) mass is 246 g/mol. The van der Waals surface area contributed by atoms with E-state index in [1.807, 2.05) is 6.92 Å². The van der Waals surface area contributed by atoms with Crippen LogP contribution in [0.3, 0.4) is 0 Å². The fourth-order valence-electron chi connectivity index (χ4n) is 1.29. The summed E-state index contributed by atoms with van der Waals surface area (Å²) in [5, 5.41) is 7.94. The second kappa shape index (κ2) is 5.38. The zero-order valence-corrected chi connectivity index (χ0v) is 9.85. The van der Waals surface area contributed by atoms with E-state index in [-0.39, 0.29) is 0 Å². The zero-order valence-electron chi connectivity index (χ0n) is 9.03. The molecule has 0 heterocycles. The van der Waals surface area contributed by atoms with Gasteiger partial charge in [-0.3, -0.25) is 0 Å². The maximum atomic E-state index is 13.4. The van der Waals surface area contributed by atoms with Gasteiger partial charge in [0.25, 0.3) is 0 Å². The van der Waals surface area contributed by atoms with Gasteiger partial charge in [-0.05, 0) is 30.7 Å². The van der Waals surface area contributed by atoms with Crippen molar-refractivity contribution in [3.63, 3.8) is 0 Å². The Bertz CT molecular complexity index is 460. The second-order valence-electron chi connectivity index (χ2n) is 3.49. The highest BCUT2D eigenvalue weighted by Crippen LogP contribution is 2.14. The summed E-state index contributed by atoms with van der Waals surface area (Å²) in [6.07, 6.45) is 0.984. The molecule has 1 aromatic carbocycles. The third kappa shape index (κ3) is 3.55. The number of halogens is 1. The normalized spacial score (nSPS) is 11.7. The molecule has 0 aliphatic heterocycles. The van der Waals surface area contributed by atoms with Gasteiger partial charge in [0.05, 0.1) is 0 Å². The molecule has 0 saturated carbocycles. The van der Waals surface area contributed by atoms with Crippen LogP contribution in [0.2, 0.25) is 0 Å². The molecule has 0 aliphatic carbocycles. The third-order valence-electron chi connectivity index (χ3n) is 2.06. The van der Waals surface area contributed by atoms with Crippen molar-refractivity contribution in [1.82, 2.24) is 5.32 Å². The van der Waals surface area contributed by atoms with Crippen molar-refractivity contribution in [3.8, 4) is 0 Å². The quantitative estimate of drug-likeness (QED) is 0.760. The number of benzene rings is 1. The van der Waals surface area contributed by atoms with E-state index in [0.717, 1.165) is 13.0 Å². The Morgan fingerprint density at radius 1 is 1.44 bits per heavy atom. The van der Waals surface area contributed by atoms with Gasteiger partial charge in [-0.15, -0.1) is 0 Å². The van der Waals surface area contributed by atoms with Crippen molar-refractivity contribution in [2.24, 2.45) is 5.14 Å². The molecule has 90 valence electrons. The van der Waals surface area contributed by atoms with Gasteiger partial charge in [-0.1, -0.05) is 13.0 Å². The molecule has 0 bridgehead atoms. The summed E-state index contributed by atoms with van der Waals surface area (Å²) in [4.78, 5) is -0.466. The Morgan fingerprint density at radius 3 is 2.62 bits per heavy atom. The molecule has 16 heavy (non-hydrogen) atoms. The summed E-state index contributed by atoms with van der Waals surface area (Å²) >= 11 is 0. The van der Waals surface area contributed by atoms with E-state index < -0.39 is 20.7 Å². The predicted octanol–water partition coefficient (Wildman–Crippen LogP) is 0.973. The zero-order chi connectivity index (χ0) is 12.2. The number of primary sulfonamides is 1. The molecule has 0 saturated heterocycles. The molecule has 0 spiro atoms. The SMILES string of the molecule is CCCNCc1ccc(S(N)(=O)=O)c(F)c1. The molecule has 1 rings (SSSR count). The van der Waals surface area contributed by atoms with E-state index in [0.29, 0.717) is 12.1 Å². The molecule has 0 radical (unpaired) electrons. The van der Waals surface area contributed by atoms with Crippen LogP contribution in [0.5, 0.6) is 0 Å². The molecule has 0 aliphatic rings. The second-order valence-corrected chi connectivity index (χ2v) is 5.02. The van der Waals surface area contributed by atoms with Gasteiger partial charge >= 0.3 is 0 Å². The van der Waals surface area contributed by atoms with Crippen LogP contribution in [0.25, 0.3) is 0 Å². The van der Waals surface area contributed by atoms with Crippen LogP contribution in [-0.2, 0) is 16.6 Å². The lowest BCUT2D eigenvalue weighted by molar-refractivity contribution is 0.565. The van der Waals surface area contributed by atoms with E-state index in [9.17, 15) is 12.8 Å². The molecular weight excluding hydrogens is 231 g/mol. The van der Waals surface area contributed by atoms with Crippen molar-refractivity contribution in [1.29, 1.82) is 0 Å². The molecule has 6 heteroatoms. The van der Waals surface area contributed by atoms with Crippen molar-refractivity contribution in [2.45, 2.75) is 24.8 Å². The summed E-state index contributed by atoms with van der Waals surface area (Å²) in [5.41, 5.74) is 0.693. The fraction of sp³-hybridized carbons (Fsp3) is 0.400. The molecule has 1 aromatic rings. The minimum Gasteiger partial charge on any atom is -0.313 e. The number of rotatable bonds is 5. The summed E-state index contributed by atoms with van der Waals surface area (Å²) < 4.78 is 35.3. The average Bonchev–Trinajstić information content (AvgIpc) is 2.16. The van der Waals surface area contributed by atoms with Crippen LogP contribution >= 0.6 is 0 Å². The molecule has 3 N–H and O–H groups in total. The molecular formula is C10H15FN2O2S. The first-order valence-corrected chi connectivity index (χ1v) is 6.51. The van der Waals surface area contributed by atoms with Crippen LogP contribution < -0.4 is 10.5 Å². The van der Waals surface area contributed by atoms with Gasteiger partial charge in [-0.2, -0.15) is 0 Å². The first-order valence-electron chi connectivity index (χ1n) is 4.97. The largest absolute Gasteiger partial charge is 0.313 e. The Kier molecular flexibility index (Phi) is 4.40. The minimum absolute atomic E-state index is 0.466. The van der Waals surface area contributed by atoms with Gasteiger partial charge in [0, 0.05) is 6.54 Å². The Labute approximate surface area is 94.7 Å². The molecule has 0 fully saturated rings. The summed E-state index contributed by atoms with van der Waals surface area (Å²) in [7, 11) is -3.97. The van der Waals surface area contributed by atoms with E-state index >= 15 is 0 Å². The van der Waals surface area contributed by atoms with Gasteiger partial charge < -0.3 is 5.32 Å². The Balaban J connectivity index is 2.83. The van der Waals surface area contributed by atoms with Crippen LogP contribution in [0.15, 0.2) is 23.1 Å². The lowest BCUT2D eigenvalue weighted by Crippen LogP contribution is -2.16. The average molecular weight is 246 g/mol. The molecule has 0 aromatic heterocycles. The summed E-state index contributed by atoms with van der Waals surface area (Å²) in [6, 6.07) is 3.92. The van der Waals surface area contributed by atoms with Crippen LogP contribution in [0.4, 0.5) is 4.39 Å². The minimum atomic E-state index is -3.97. The maximum Gasteiger partial charge on any atom is 0.240 e. The topological polar surface area (TPSA) is 72.2 Å². The lowest BCUT2D eigenvalue weighted by Gasteiger charge is -2.05. The molecule has 0 unspecified atom stereocenters. The van der Waals surface area contributed by atoms with Gasteiger partial charge in [0.15, 0.2) is 0 Å². The van der Waals surface area contributed by atoms with Crippen molar-refractivity contribution >= 4 is 10.0 Å². The van der Waals surface area contributed by atoms with Crippen molar-refractivity contribution < 1.29 is 12.8 Å². The number of hydrogen-bond donors (Lipinski definition) is 2. The van der Waals surface area contributed by atoms with Gasteiger partial charge in [0.2, 0.25) is 10.0 Å². The third-order valence-corrected chi connectivity index (χ3v) is 3.00. The van der Waals surface area contributed by atoms with Crippen LogP contribution in [0.1, 0.15) is 18.9 Å². The first kappa shape index (κ1) is 13.1. The number of nitrogens with two attached hydrogens (primary N) is 1. The molecule has 0 atom stereocenters. The van der Waals surface area contributed by atoms with Crippen LogP contribution in [-0.4, -0.2) is 15.0 Å².